The number of hydrogen-bond donors (Lipinski definition) is 3. The maximum atomic E-state index is 13.8. The summed E-state index contributed by atoms with van der Waals surface area (Å²) in [7, 11) is 0. The SMILES string of the molecule is N#Cc1nccc(Nc2cccc(NCc3cccc(Nc4ccnc5ccc(F)cc45)c3)c2)c1C(F)(F)F. The van der Waals surface area contributed by atoms with Crippen LogP contribution in [0, 0.1) is 17.1 Å². The van der Waals surface area contributed by atoms with Gasteiger partial charge in [-0.2, -0.15) is 18.4 Å². The van der Waals surface area contributed by atoms with Crippen molar-refractivity contribution in [2.24, 2.45) is 0 Å². The van der Waals surface area contributed by atoms with Gasteiger partial charge in [0.1, 0.15) is 17.4 Å². The zero-order chi connectivity index (χ0) is 27.4. The minimum Gasteiger partial charge on any atom is -0.381 e. The molecule has 0 saturated carbocycles. The van der Waals surface area contributed by atoms with Gasteiger partial charge in [-0.05, 0) is 66.2 Å². The van der Waals surface area contributed by atoms with Crippen LogP contribution in [0.3, 0.4) is 0 Å². The Kier molecular flexibility index (Phi) is 6.97. The van der Waals surface area contributed by atoms with Crippen molar-refractivity contribution in [3.63, 3.8) is 0 Å². The Morgan fingerprint density at radius 3 is 2.26 bits per heavy atom. The summed E-state index contributed by atoms with van der Waals surface area (Å²) in [6.45, 7) is 0.437. The summed E-state index contributed by atoms with van der Waals surface area (Å²) in [5, 5.41) is 19.1. The second kappa shape index (κ2) is 10.7. The van der Waals surface area contributed by atoms with Gasteiger partial charge in [-0.15, -0.1) is 0 Å². The molecule has 0 bridgehead atoms. The van der Waals surface area contributed by atoms with Crippen molar-refractivity contribution in [3.8, 4) is 6.07 Å². The number of nitriles is 1. The normalized spacial score (nSPS) is 11.2. The number of benzene rings is 3. The monoisotopic (exact) mass is 528 g/mol. The first-order valence-corrected chi connectivity index (χ1v) is 11.8. The second-order valence-corrected chi connectivity index (χ2v) is 8.60. The molecule has 194 valence electrons. The Labute approximate surface area is 221 Å². The third kappa shape index (κ3) is 5.88. The molecule has 0 aliphatic carbocycles. The fraction of sp³-hybridized carbons (Fsp3) is 0.0690. The van der Waals surface area contributed by atoms with Gasteiger partial charge in [0.15, 0.2) is 5.69 Å². The van der Waals surface area contributed by atoms with Crippen LogP contribution in [0.4, 0.5) is 46.0 Å². The lowest BCUT2D eigenvalue weighted by Gasteiger charge is -2.16. The van der Waals surface area contributed by atoms with Crippen LogP contribution >= 0.6 is 0 Å². The molecule has 0 saturated heterocycles. The van der Waals surface area contributed by atoms with E-state index in [-0.39, 0.29) is 11.5 Å². The van der Waals surface area contributed by atoms with Gasteiger partial charge in [0.05, 0.1) is 11.2 Å². The van der Waals surface area contributed by atoms with E-state index in [4.69, 9.17) is 5.26 Å². The van der Waals surface area contributed by atoms with Gasteiger partial charge in [-0.1, -0.05) is 18.2 Å². The van der Waals surface area contributed by atoms with E-state index in [1.165, 1.54) is 24.3 Å². The van der Waals surface area contributed by atoms with Gasteiger partial charge in [-0.25, -0.2) is 9.37 Å². The number of pyridine rings is 2. The third-order valence-electron chi connectivity index (χ3n) is 5.89. The summed E-state index contributed by atoms with van der Waals surface area (Å²) in [4.78, 5) is 7.81. The van der Waals surface area contributed by atoms with E-state index < -0.39 is 17.4 Å². The topological polar surface area (TPSA) is 85.7 Å². The van der Waals surface area contributed by atoms with E-state index >= 15 is 0 Å². The molecule has 0 spiro atoms. The van der Waals surface area contributed by atoms with Crippen LogP contribution in [0.15, 0.2) is 91.3 Å². The molecule has 5 aromatic rings. The number of fused-ring (bicyclic) bond motifs is 1. The van der Waals surface area contributed by atoms with E-state index in [9.17, 15) is 17.6 Å². The van der Waals surface area contributed by atoms with E-state index in [0.717, 1.165) is 23.1 Å². The van der Waals surface area contributed by atoms with Crippen LogP contribution in [0.5, 0.6) is 0 Å². The number of hydrogen-bond acceptors (Lipinski definition) is 6. The number of nitrogens with one attached hydrogen (secondary N) is 3. The molecule has 10 heteroatoms. The third-order valence-corrected chi connectivity index (χ3v) is 5.89. The van der Waals surface area contributed by atoms with Gasteiger partial charge in [0.2, 0.25) is 0 Å². The molecule has 3 aromatic carbocycles. The van der Waals surface area contributed by atoms with Crippen molar-refractivity contribution in [1.29, 1.82) is 5.26 Å². The van der Waals surface area contributed by atoms with E-state index in [1.54, 1.807) is 42.6 Å². The summed E-state index contributed by atoms with van der Waals surface area (Å²) in [5.74, 6) is -0.350. The van der Waals surface area contributed by atoms with Crippen LogP contribution in [0.2, 0.25) is 0 Å². The molecule has 6 nitrogen and oxygen atoms in total. The van der Waals surface area contributed by atoms with Crippen molar-refractivity contribution >= 4 is 39.3 Å². The van der Waals surface area contributed by atoms with E-state index in [2.05, 4.69) is 25.9 Å². The molecule has 0 radical (unpaired) electrons. The fourth-order valence-electron chi connectivity index (χ4n) is 4.15. The van der Waals surface area contributed by atoms with Gasteiger partial charge in [-0.3, -0.25) is 4.98 Å². The summed E-state index contributed by atoms with van der Waals surface area (Å²) in [6, 6.07) is 23.3. The zero-order valence-electron chi connectivity index (χ0n) is 20.2. The van der Waals surface area contributed by atoms with Crippen molar-refractivity contribution in [2.75, 3.05) is 16.0 Å². The van der Waals surface area contributed by atoms with Crippen molar-refractivity contribution < 1.29 is 17.6 Å². The van der Waals surface area contributed by atoms with Crippen LogP contribution in [0.1, 0.15) is 16.8 Å². The van der Waals surface area contributed by atoms with Gasteiger partial charge < -0.3 is 16.0 Å². The molecule has 0 aliphatic rings. The average molecular weight is 529 g/mol. The fourth-order valence-corrected chi connectivity index (χ4v) is 4.15. The van der Waals surface area contributed by atoms with Crippen LogP contribution in [-0.4, -0.2) is 9.97 Å². The van der Waals surface area contributed by atoms with E-state index in [0.29, 0.717) is 28.8 Å². The summed E-state index contributed by atoms with van der Waals surface area (Å²) in [5.41, 5.74) is 2.16. The molecule has 5 rings (SSSR count). The molecule has 0 fully saturated rings. The molecule has 0 atom stereocenters. The molecule has 3 N–H and O–H groups in total. The molecule has 0 unspecified atom stereocenters. The molecular formula is C29H20F4N6. The van der Waals surface area contributed by atoms with Gasteiger partial charge in [0, 0.05) is 47.1 Å². The highest BCUT2D eigenvalue weighted by Gasteiger charge is 2.37. The predicted molar refractivity (Wildman–Crippen MR) is 142 cm³/mol. The minimum absolute atomic E-state index is 0.256. The first-order chi connectivity index (χ1) is 18.8. The van der Waals surface area contributed by atoms with Crippen LogP contribution in [0.25, 0.3) is 10.9 Å². The van der Waals surface area contributed by atoms with Gasteiger partial charge >= 0.3 is 6.18 Å². The van der Waals surface area contributed by atoms with Crippen LogP contribution < -0.4 is 16.0 Å². The molecular weight excluding hydrogens is 508 g/mol. The predicted octanol–water partition coefficient (Wildman–Crippen LogP) is 7.76. The molecule has 2 heterocycles. The Balaban J connectivity index is 1.30. The highest BCUT2D eigenvalue weighted by Crippen LogP contribution is 2.38. The highest BCUT2D eigenvalue weighted by molar-refractivity contribution is 5.92. The number of rotatable bonds is 7. The smallest absolute Gasteiger partial charge is 0.381 e. The lowest BCUT2D eigenvalue weighted by molar-refractivity contribution is -0.137. The van der Waals surface area contributed by atoms with Crippen LogP contribution in [-0.2, 0) is 12.7 Å². The minimum atomic E-state index is -4.74. The Hall–Kier alpha value is -5.17. The van der Waals surface area contributed by atoms with Crippen molar-refractivity contribution in [2.45, 2.75) is 12.7 Å². The number of aromatic nitrogens is 2. The molecule has 0 aliphatic heterocycles. The number of alkyl halides is 3. The highest BCUT2D eigenvalue weighted by atomic mass is 19.4. The maximum absolute atomic E-state index is 13.8. The quantitative estimate of drug-likeness (QED) is 0.187. The maximum Gasteiger partial charge on any atom is 0.421 e. The van der Waals surface area contributed by atoms with Crippen molar-refractivity contribution in [3.05, 3.63) is 114 Å². The zero-order valence-corrected chi connectivity index (χ0v) is 20.2. The van der Waals surface area contributed by atoms with Crippen molar-refractivity contribution in [1.82, 2.24) is 9.97 Å². The first kappa shape index (κ1) is 25.5. The number of nitrogens with zero attached hydrogens (tertiary/aromatic N) is 3. The summed E-state index contributed by atoms with van der Waals surface area (Å²) < 4.78 is 54.6. The number of halogens is 4. The standard InChI is InChI=1S/C29H20F4N6/c30-19-7-8-24-23(14-19)25(9-11-35-24)38-21-5-1-3-18(13-21)17-37-20-4-2-6-22(15-20)39-26-10-12-36-27(16-34)28(26)29(31,32)33/h1-15,37H,17H2,(H,35,38)(H,36,39). The summed E-state index contributed by atoms with van der Waals surface area (Å²) >= 11 is 0. The largest absolute Gasteiger partial charge is 0.421 e. The second-order valence-electron chi connectivity index (χ2n) is 8.60. The Morgan fingerprint density at radius 2 is 1.46 bits per heavy atom. The number of anilines is 5. The molecule has 2 aromatic heterocycles. The first-order valence-electron chi connectivity index (χ1n) is 11.8. The average Bonchev–Trinajstić information content (AvgIpc) is 2.92. The Bertz CT molecular complexity index is 1690. The Morgan fingerprint density at radius 1 is 0.769 bits per heavy atom. The lowest BCUT2D eigenvalue weighted by Crippen LogP contribution is -2.12. The van der Waals surface area contributed by atoms with Gasteiger partial charge in [0.25, 0.3) is 0 Å². The molecule has 39 heavy (non-hydrogen) atoms. The molecule has 0 amide bonds. The summed E-state index contributed by atoms with van der Waals surface area (Å²) in [6.07, 6.45) is -1.93. The lowest BCUT2D eigenvalue weighted by atomic mass is 10.1. The van der Waals surface area contributed by atoms with E-state index in [1.807, 2.05) is 24.3 Å².